The van der Waals surface area contributed by atoms with Gasteiger partial charge in [-0.1, -0.05) is 0 Å². The highest BCUT2D eigenvalue weighted by Gasteiger charge is 2.39. The zero-order valence-electron chi connectivity index (χ0n) is 18.9. The van der Waals surface area contributed by atoms with Gasteiger partial charge in [-0.2, -0.15) is 11.8 Å². The fraction of sp³-hybridized carbons (Fsp3) is 0.700. The van der Waals surface area contributed by atoms with Crippen LogP contribution in [0.1, 0.15) is 44.9 Å². The maximum Gasteiger partial charge on any atom is 0.326 e. The summed E-state index contributed by atoms with van der Waals surface area (Å²) in [5.41, 5.74) is 5.74. The SMILES string of the molecule is CSCCC(NC(=O)C(N)CCC(=O)O)C(=O)N1CCCC1C(=O)NC(CCC(=O)O)C(=O)O. The second kappa shape index (κ2) is 14.4. The number of nitrogens with zero attached hydrogens (tertiary/aromatic N) is 1. The molecule has 0 aliphatic carbocycles. The molecule has 1 aliphatic heterocycles. The van der Waals surface area contributed by atoms with Crippen molar-refractivity contribution in [2.24, 2.45) is 5.73 Å². The van der Waals surface area contributed by atoms with Gasteiger partial charge in [-0.25, -0.2) is 4.79 Å². The van der Waals surface area contributed by atoms with Crippen molar-refractivity contribution in [3.05, 3.63) is 0 Å². The van der Waals surface area contributed by atoms with E-state index in [0.717, 1.165) is 0 Å². The number of carbonyl (C=O) groups is 6. The molecule has 1 fully saturated rings. The normalized spacial score (nSPS) is 17.9. The molecule has 4 unspecified atom stereocenters. The summed E-state index contributed by atoms with van der Waals surface area (Å²) in [6.07, 6.45) is 1.66. The van der Waals surface area contributed by atoms with Crippen LogP contribution in [0.2, 0.25) is 0 Å². The Morgan fingerprint density at radius 3 is 2.15 bits per heavy atom. The average molecular weight is 505 g/mol. The van der Waals surface area contributed by atoms with Crippen molar-refractivity contribution < 1.29 is 44.1 Å². The number of nitrogens with one attached hydrogen (secondary N) is 2. The molecule has 1 rings (SSSR count). The van der Waals surface area contributed by atoms with Gasteiger partial charge in [-0.3, -0.25) is 24.0 Å². The van der Waals surface area contributed by atoms with E-state index < -0.39 is 66.2 Å². The van der Waals surface area contributed by atoms with E-state index in [1.54, 1.807) is 0 Å². The number of amides is 3. The number of aliphatic carboxylic acids is 3. The van der Waals surface area contributed by atoms with Crippen molar-refractivity contribution >= 4 is 47.4 Å². The standard InChI is InChI=1S/C20H32N4O9S/c1-34-10-8-12(22-17(29)11(21)4-6-15(25)26)19(31)24-9-2-3-14(24)18(30)23-13(20(32)33)5-7-16(27)28/h11-14H,2-10,21H2,1H3,(H,22,29)(H,23,30)(H,25,26)(H,27,28)(H,32,33). The Labute approximate surface area is 200 Å². The third-order valence-electron chi connectivity index (χ3n) is 5.33. The summed E-state index contributed by atoms with van der Waals surface area (Å²) < 4.78 is 0. The Bertz CT molecular complexity index is 779. The van der Waals surface area contributed by atoms with Crippen LogP contribution in [0.4, 0.5) is 0 Å². The zero-order valence-corrected chi connectivity index (χ0v) is 19.7. The minimum Gasteiger partial charge on any atom is -0.481 e. The molecule has 0 aromatic heterocycles. The lowest BCUT2D eigenvalue weighted by Crippen LogP contribution is -2.57. The number of likely N-dealkylation sites (tertiary alicyclic amines) is 1. The molecule has 1 aliphatic rings. The number of hydrogen-bond acceptors (Lipinski definition) is 8. The highest BCUT2D eigenvalue weighted by molar-refractivity contribution is 7.98. The summed E-state index contributed by atoms with van der Waals surface area (Å²) in [4.78, 5) is 72.5. The Kier molecular flexibility index (Phi) is 12.4. The van der Waals surface area contributed by atoms with Gasteiger partial charge < -0.3 is 36.6 Å². The predicted octanol–water partition coefficient (Wildman–Crippen LogP) is -1.16. The monoisotopic (exact) mass is 504 g/mol. The summed E-state index contributed by atoms with van der Waals surface area (Å²) >= 11 is 1.44. The molecule has 0 bridgehead atoms. The van der Waals surface area contributed by atoms with Gasteiger partial charge in [0.1, 0.15) is 18.1 Å². The number of thioether (sulfide) groups is 1. The van der Waals surface area contributed by atoms with Crippen molar-refractivity contribution in [2.75, 3.05) is 18.6 Å². The molecule has 0 aromatic rings. The van der Waals surface area contributed by atoms with Crippen molar-refractivity contribution in [1.29, 1.82) is 0 Å². The quantitative estimate of drug-likeness (QED) is 0.156. The summed E-state index contributed by atoms with van der Waals surface area (Å²) in [5, 5.41) is 31.7. The van der Waals surface area contributed by atoms with Crippen molar-refractivity contribution in [1.82, 2.24) is 15.5 Å². The zero-order chi connectivity index (χ0) is 25.8. The minimum atomic E-state index is -1.42. The molecule has 0 aromatic carbocycles. The topological polar surface area (TPSA) is 216 Å². The van der Waals surface area contributed by atoms with E-state index in [0.29, 0.717) is 12.2 Å². The third kappa shape index (κ3) is 9.55. The molecule has 0 saturated carbocycles. The molecule has 7 N–H and O–H groups in total. The molecule has 4 atom stereocenters. The van der Waals surface area contributed by atoms with Gasteiger partial charge in [0, 0.05) is 19.4 Å². The molecule has 0 spiro atoms. The lowest BCUT2D eigenvalue weighted by molar-refractivity contribution is -0.145. The molecule has 0 radical (unpaired) electrons. The van der Waals surface area contributed by atoms with E-state index >= 15 is 0 Å². The van der Waals surface area contributed by atoms with Crippen LogP contribution < -0.4 is 16.4 Å². The Morgan fingerprint density at radius 1 is 0.971 bits per heavy atom. The lowest BCUT2D eigenvalue weighted by Gasteiger charge is -2.30. The first-order chi connectivity index (χ1) is 16.0. The van der Waals surface area contributed by atoms with Crippen LogP contribution >= 0.6 is 11.8 Å². The summed E-state index contributed by atoms with van der Waals surface area (Å²) in [6.45, 7) is 0.223. The first-order valence-electron chi connectivity index (χ1n) is 10.8. The van der Waals surface area contributed by atoms with E-state index in [4.69, 9.17) is 15.9 Å². The fourth-order valence-electron chi connectivity index (χ4n) is 3.48. The van der Waals surface area contributed by atoms with Gasteiger partial charge in [0.2, 0.25) is 17.7 Å². The van der Waals surface area contributed by atoms with Gasteiger partial charge in [0.05, 0.1) is 6.04 Å². The smallest absolute Gasteiger partial charge is 0.326 e. The molecule has 14 heteroatoms. The van der Waals surface area contributed by atoms with Crippen LogP contribution in [-0.4, -0.2) is 98.6 Å². The van der Waals surface area contributed by atoms with Crippen LogP contribution in [0.25, 0.3) is 0 Å². The van der Waals surface area contributed by atoms with Gasteiger partial charge in [-0.05, 0) is 44.1 Å². The number of rotatable bonds is 15. The first-order valence-corrected chi connectivity index (χ1v) is 12.2. The maximum absolute atomic E-state index is 13.2. The Hall–Kier alpha value is -2.87. The largest absolute Gasteiger partial charge is 0.481 e. The number of carboxylic acids is 3. The van der Waals surface area contributed by atoms with Gasteiger partial charge >= 0.3 is 17.9 Å². The number of carboxylic acid groups (broad SMARTS) is 3. The predicted molar refractivity (Wildman–Crippen MR) is 121 cm³/mol. The molecular weight excluding hydrogens is 472 g/mol. The van der Waals surface area contributed by atoms with Gasteiger partial charge in [0.15, 0.2) is 0 Å². The fourth-order valence-corrected chi connectivity index (χ4v) is 3.95. The average Bonchev–Trinajstić information content (AvgIpc) is 3.26. The van der Waals surface area contributed by atoms with Crippen LogP contribution in [-0.2, 0) is 28.8 Å². The van der Waals surface area contributed by atoms with E-state index in [9.17, 15) is 33.9 Å². The molecule has 1 saturated heterocycles. The van der Waals surface area contributed by atoms with E-state index in [-0.39, 0.29) is 38.6 Å². The highest BCUT2D eigenvalue weighted by atomic mass is 32.2. The highest BCUT2D eigenvalue weighted by Crippen LogP contribution is 2.20. The van der Waals surface area contributed by atoms with Crippen molar-refractivity contribution in [2.45, 2.75) is 69.1 Å². The molecule has 3 amide bonds. The van der Waals surface area contributed by atoms with Crippen LogP contribution in [0.15, 0.2) is 0 Å². The third-order valence-corrected chi connectivity index (χ3v) is 5.98. The van der Waals surface area contributed by atoms with E-state index in [1.807, 2.05) is 6.26 Å². The molecular formula is C20H32N4O9S. The Morgan fingerprint density at radius 2 is 1.59 bits per heavy atom. The number of hydrogen-bond donors (Lipinski definition) is 6. The summed E-state index contributed by atoms with van der Waals surface area (Å²) in [7, 11) is 0. The van der Waals surface area contributed by atoms with E-state index in [2.05, 4.69) is 10.6 Å². The second-order valence-electron chi connectivity index (χ2n) is 7.90. The molecule has 34 heavy (non-hydrogen) atoms. The number of carbonyl (C=O) groups excluding carboxylic acids is 3. The minimum absolute atomic E-state index is 0.105. The molecule has 13 nitrogen and oxygen atoms in total. The second-order valence-corrected chi connectivity index (χ2v) is 8.89. The van der Waals surface area contributed by atoms with Gasteiger partial charge in [0.25, 0.3) is 0 Å². The summed E-state index contributed by atoms with van der Waals surface area (Å²) in [6, 6.07) is -4.50. The molecule has 1 heterocycles. The van der Waals surface area contributed by atoms with Crippen LogP contribution in [0, 0.1) is 0 Å². The summed E-state index contributed by atoms with van der Waals surface area (Å²) in [5.74, 6) is -5.09. The maximum atomic E-state index is 13.2. The Balaban J connectivity index is 2.89. The van der Waals surface area contributed by atoms with Crippen LogP contribution in [0.5, 0.6) is 0 Å². The first kappa shape index (κ1) is 29.2. The lowest BCUT2D eigenvalue weighted by atomic mass is 10.1. The van der Waals surface area contributed by atoms with E-state index in [1.165, 1.54) is 16.7 Å². The van der Waals surface area contributed by atoms with Crippen LogP contribution in [0.3, 0.4) is 0 Å². The van der Waals surface area contributed by atoms with Crippen molar-refractivity contribution in [3.63, 3.8) is 0 Å². The van der Waals surface area contributed by atoms with Gasteiger partial charge in [-0.15, -0.1) is 0 Å². The molecule has 192 valence electrons. The van der Waals surface area contributed by atoms with Crippen molar-refractivity contribution in [3.8, 4) is 0 Å². The number of nitrogens with two attached hydrogens (primary N) is 1.